The van der Waals surface area contributed by atoms with Crippen molar-refractivity contribution < 1.29 is 9.90 Å². The molecule has 0 aromatic carbocycles. The molecule has 0 rings (SSSR count). The first-order chi connectivity index (χ1) is 4.04. The van der Waals surface area contributed by atoms with Gasteiger partial charge in [-0.15, -0.1) is 0 Å². The molecule has 0 bridgehead atoms. The summed E-state index contributed by atoms with van der Waals surface area (Å²) in [6, 6.07) is 0. The Morgan fingerprint density at radius 3 is 2.11 bits per heavy atom. The van der Waals surface area contributed by atoms with Crippen LogP contribution < -0.4 is 0 Å². The van der Waals surface area contributed by atoms with Crippen LogP contribution in [0.5, 0.6) is 0 Å². The van der Waals surface area contributed by atoms with E-state index in [1.54, 1.807) is 13.0 Å². The summed E-state index contributed by atoms with van der Waals surface area (Å²) in [6.45, 7) is 5.31. The van der Waals surface area contributed by atoms with Gasteiger partial charge in [0.05, 0.1) is 0 Å². The summed E-state index contributed by atoms with van der Waals surface area (Å²) >= 11 is 0. The fourth-order valence-electron chi connectivity index (χ4n) is 0.495. The second kappa shape index (κ2) is 3.17. The Balaban J connectivity index is 3.91. The Bertz CT molecular complexity index is 132. The van der Waals surface area contributed by atoms with Gasteiger partial charge in [-0.1, -0.05) is 0 Å². The average Bonchev–Trinajstić information content (AvgIpc) is 1.63. The molecule has 0 fully saturated rings. The lowest BCUT2D eigenvalue weighted by molar-refractivity contribution is -0.134. The molecule has 0 aromatic rings. The zero-order chi connectivity index (χ0) is 7.44. The number of allylic oxidation sites excluding steroid dienone is 1. The van der Waals surface area contributed by atoms with Crippen molar-refractivity contribution in [3.63, 3.8) is 0 Å². The minimum atomic E-state index is -0.851. The van der Waals surface area contributed by atoms with E-state index in [0.717, 1.165) is 5.57 Å². The number of carbonyl (C=O) groups is 1. The summed E-state index contributed by atoms with van der Waals surface area (Å²) in [5, 5.41) is 8.35. The molecule has 0 atom stereocenters. The number of aliphatic carboxylic acids is 1. The molecule has 50 valence electrons. The fraction of sp³-hybridized carbons (Fsp3) is 0.429. The summed E-state index contributed by atoms with van der Waals surface area (Å²) < 4.78 is 0. The molecule has 0 saturated carbocycles. The quantitative estimate of drug-likeness (QED) is 0.572. The van der Waals surface area contributed by atoms with Crippen molar-refractivity contribution in [3.05, 3.63) is 17.6 Å². The van der Waals surface area contributed by atoms with Crippen molar-refractivity contribution in [2.45, 2.75) is 20.8 Å². The number of rotatable bonds is 2. The van der Waals surface area contributed by atoms with Crippen molar-refractivity contribution in [2.24, 2.45) is 0 Å². The topological polar surface area (TPSA) is 37.3 Å². The Hall–Kier alpha value is -0.920. The van der Waals surface area contributed by atoms with Gasteiger partial charge in [-0.2, -0.15) is 0 Å². The molecular weight excluding hydrogens is 116 g/mol. The molecule has 2 heteroatoms. The summed E-state index contributed by atoms with van der Waals surface area (Å²) in [7, 11) is 0. The Labute approximate surface area is 55.2 Å². The Morgan fingerprint density at radius 2 is 2.00 bits per heavy atom. The maximum Gasteiger partial charge on any atom is 0.416 e. The summed E-state index contributed by atoms with van der Waals surface area (Å²) in [6.07, 6.45) is 1.64. The number of carboxylic acids is 1. The molecule has 0 spiro atoms. The molecule has 0 aliphatic carbocycles. The van der Waals surface area contributed by atoms with Crippen molar-refractivity contribution in [1.82, 2.24) is 0 Å². The zero-order valence-corrected chi connectivity index (χ0v) is 5.93. The molecule has 0 amide bonds. The highest BCUT2D eigenvalue weighted by Crippen LogP contribution is 2.03. The zero-order valence-electron chi connectivity index (χ0n) is 5.93. The lowest BCUT2D eigenvalue weighted by atomic mass is 10.1. The minimum Gasteiger partial charge on any atom is -0.463 e. The van der Waals surface area contributed by atoms with Gasteiger partial charge in [-0.25, -0.2) is 4.79 Å². The van der Waals surface area contributed by atoms with Gasteiger partial charge < -0.3 is 5.11 Å². The predicted molar refractivity (Wildman–Crippen MR) is 36.0 cm³/mol. The third-order valence-electron chi connectivity index (χ3n) is 0.843. The fourth-order valence-corrected chi connectivity index (χ4v) is 0.495. The van der Waals surface area contributed by atoms with E-state index in [2.05, 4.69) is 0 Å². The van der Waals surface area contributed by atoms with Crippen LogP contribution in [0.4, 0.5) is 0 Å². The van der Waals surface area contributed by atoms with Crippen molar-refractivity contribution >= 4 is 5.97 Å². The molecule has 0 unspecified atom stereocenters. The highest BCUT2D eigenvalue weighted by atomic mass is 16.4. The minimum absolute atomic E-state index is 0.384. The van der Waals surface area contributed by atoms with E-state index < -0.39 is 5.97 Å². The largest absolute Gasteiger partial charge is 0.463 e. The molecule has 0 aliphatic heterocycles. The van der Waals surface area contributed by atoms with Gasteiger partial charge in [0, 0.05) is 26.3 Å². The van der Waals surface area contributed by atoms with Crippen LogP contribution in [0.1, 0.15) is 20.8 Å². The monoisotopic (exact) mass is 127 g/mol. The lowest BCUT2D eigenvalue weighted by Gasteiger charge is -1.87. The van der Waals surface area contributed by atoms with Gasteiger partial charge >= 0.3 is 5.97 Å². The highest BCUT2D eigenvalue weighted by molar-refractivity contribution is 5.85. The first-order valence-corrected chi connectivity index (χ1v) is 2.76. The van der Waals surface area contributed by atoms with Crippen LogP contribution in [0.3, 0.4) is 0 Å². The van der Waals surface area contributed by atoms with Gasteiger partial charge in [0.25, 0.3) is 0 Å². The number of carboxylic acid groups (broad SMARTS) is 1. The Kier molecular flexibility index (Phi) is 2.85. The number of hydrogen-bond donors (Lipinski definition) is 1. The van der Waals surface area contributed by atoms with Crippen molar-refractivity contribution in [2.75, 3.05) is 0 Å². The molecule has 0 aliphatic rings. The van der Waals surface area contributed by atoms with E-state index in [0.29, 0.717) is 5.92 Å². The summed E-state index contributed by atoms with van der Waals surface area (Å²) in [4.78, 5) is 10.2. The third-order valence-corrected chi connectivity index (χ3v) is 0.843. The lowest BCUT2D eigenvalue weighted by Crippen LogP contribution is -2.03. The highest BCUT2D eigenvalue weighted by Gasteiger charge is 2.15. The Morgan fingerprint density at radius 1 is 1.56 bits per heavy atom. The van der Waals surface area contributed by atoms with Crippen LogP contribution in [0.15, 0.2) is 11.6 Å². The van der Waals surface area contributed by atoms with Gasteiger partial charge in [-0.05, 0) is 0 Å². The van der Waals surface area contributed by atoms with Crippen LogP contribution in [-0.2, 0) is 4.79 Å². The van der Waals surface area contributed by atoms with Crippen LogP contribution in [0, 0.1) is 5.92 Å². The van der Waals surface area contributed by atoms with Gasteiger partial charge in [0.15, 0.2) is 5.92 Å². The van der Waals surface area contributed by atoms with E-state index in [1.807, 2.05) is 13.8 Å². The summed E-state index contributed by atoms with van der Waals surface area (Å²) in [5.41, 5.74) is 1.01. The molecule has 1 N–H and O–H groups in total. The number of hydrogen-bond acceptors (Lipinski definition) is 1. The standard InChI is InChI=1S/C7H10O2/c1-5(2)4-6(3)7(8)9/h4H,1-3H3/p+1. The predicted octanol–water partition coefficient (Wildman–Crippen LogP) is 1.63. The van der Waals surface area contributed by atoms with E-state index in [9.17, 15) is 4.79 Å². The van der Waals surface area contributed by atoms with Crippen molar-refractivity contribution in [3.8, 4) is 0 Å². The van der Waals surface area contributed by atoms with Gasteiger partial charge in [0.2, 0.25) is 0 Å². The van der Waals surface area contributed by atoms with E-state index in [4.69, 9.17) is 5.11 Å². The van der Waals surface area contributed by atoms with Crippen LogP contribution in [0.25, 0.3) is 0 Å². The molecule has 9 heavy (non-hydrogen) atoms. The SMILES string of the molecule is CC(C)=C[C+](C)C(=O)O. The maximum absolute atomic E-state index is 10.2. The van der Waals surface area contributed by atoms with E-state index >= 15 is 0 Å². The molecule has 0 saturated heterocycles. The smallest absolute Gasteiger partial charge is 0.416 e. The first kappa shape index (κ1) is 8.08. The molecule has 2 nitrogen and oxygen atoms in total. The first-order valence-electron chi connectivity index (χ1n) is 2.76. The second-order valence-corrected chi connectivity index (χ2v) is 2.21. The summed E-state index contributed by atoms with van der Waals surface area (Å²) in [5.74, 6) is -0.466. The second-order valence-electron chi connectivity index (χ2n) is 2.21. The van der Waals surface area contributed by atoms with Crippen molar-refractivity contribution in [1.29, 1.82) is 0 Å². The van der Waals surface area contributed by atoms with Gasteiger partial charge in [-0.3, -0.25) is 0 Å². The molecule has 0 aromatic heterocycles. The van der Waals surface area contributed by atoms with Gasteiger partial charge in [0.1, 0.15) is 6.08 Å². The van der Waals surface area contributed by atoms with Crippen LogP contribution in [0.2, 0.25) is 0 Å². The van der Waals surface area contributed by atoms with Crippen LogP contribution in [-0.4, -0.2) is 11.1 Å². The third kappa shape index (κ3) is 3.64. The van der Waals surface area contributed by atoms with Crippen LogP contribution >= 0.6 is 0 Å². The molecule has 0 radical (unpaired) electrons. The van der Waals surface area contributed by atoms with E-state index in [1.165, 1.54) is 0 Å². The molecule has 0 heterocycles. The average molecular weight is 127 g/mol. The molecular formula is C7H11O2+. The van der Waals surface area contributed by atoms with E-state index in [-0.39, 0.29) is 0 Å². The maximum atomic E-state index is 10.2. The normalized spacial score (nSPS) is 8.33.